The van der Waals surface area contributed by atoms with Gasteiger partial charge in [-0.25, -0.2) is 0 Å². The van der Waals surface area contributed by atoms with Gasteiger partial charge in [0.25, 0.3) is 11.9 Å². The summed E-state index contributed by atoms with van der Waals surface area (Å²) in [5, 5.41) is 3.23. The van der Waals surface area contributed by atoms with Crippen LogP contribution in [0.2, 0.25) is 0 Å². The molecule has 3 heterocycles. The molecule has 3 unspecified atom stereocenters. The molecule has 3 atom stereocenters. The zero-order valence-corrected chi connectivity index (χ0v) is 18.9. The van der Waals surface area contributed by atoms with Crippen molar-refractivity contribution in [3.63, 3.8) is 0 Å². The predicted octanol–water partition coefficient (Wildman–Crippen LogP) is 5.36. The van der Waals surface area contributed by atoms with Gasteiger partial charge in [-0.3, -0.25) is 9.78 Å². The zero-order chi connectivity index (χ0) is 24.9. The third-order valence-corrected chi connectivity index (χ3v) is 6.71. The summed E-state index contributed by atoms with van der Waals surface area (Å²) < 4.78 is 48.0. The van der Waals surface area contributed by atoms with Crippen molar-refractivity contribution in [2.24, 2.45) is 11.8 Å². The molecule has 0 spiro atoms. The van der Waals surface area contributed by atoms with Crippen molar-refractivity contribution in [2.45, 2.75) is 18.8 Å². The van der Waals surface area contributed by atoms with Crippen LogP contribution in [0.1, 0.15) is 16.9 Å². The van der Waals surface area contributed by atoms with Gasteiger partial charge in [0.15, 0.2) is 5.58 Å². The average molecular weight is 494 g/mol. The molecule has 1 N–H and O–H groups in total. The Hall–Kier alpha value is -4.08. The van der Waals surface area contributed by atoms with Gasteiger partial charge >= 0.3 is 6.36 Å². The van der Waals surface area contributed by atoms with Crippen molar-refractivity contribution in [3.8, 4) is 16.9 Å². The Morgan fingerprint density at radius 3 is 2.83 bits per heavy atom. The van der Waals surface area contributed by atoms with Crippen molar-refractivity contribution < 1.29 is 27.1 Å². The van der Waals surface area contributed by atoms with E-state index in [0.717, 1.165) is 11.9 Å². The van der Waals surface area contributed by atoms with E-state index >= 15 is 0 Å². The Labute approximate surface area is 203 Å². The van der Waals surface area contributed by atoms with Crippen LogP contribution in [0.5, 0.6) is 5.75 Å². The smallest absolute Gasteiger partial charge is 0.424 e. The van der Waals surface area contributed by atoms with Gasteiger partial charge in [-0.05, 0) is 54.2 Å². The lowest BCUT2D eigenvalue weighted by molar-refractivity contribution is -0.274. The summed E-state index contributed by atoms with van der Waals surface area (Å²) in [6, 6.07) is 16.7. The van der Waals surface area contributed by atoms with Crippen LogP contribution in [0, 0.1) is 11.8 Å². The van der Waals surface area contributed by atoms with E-state index in [9.17, 15) is 18.0 Å². The first kappa shape index (κ1) is 22.4. The lowest BCUT2D eigenvalue weighted by atomic mass is 10.0. The summed E-state index contributed by atoms with van der Waals surface area (Å²) in [6.07, 6.45) is -2.25. The Morgan fingerprint density at radius 2 is 2.00 bits per heavy atom. The molecule has 1 aliphatic carbocycles. The lowest BCUT2D eigenvalue weighted by Gasteiger charge is -2.28. The third kappa shape index (κ3) is 4.34. The fourth-order valence-corrected chi connectivity index (χ4v) is 5.01. The second-order valence-corrected chi connectivity index (χ2v) is 9.03. The normalized spacial score (nSPS) is 20.9. The molecule has 184 valence electrons. The van der Waals surface area contributed by atoms with E-state index in [1.165, 1.54) is 24.4 Å². The molecular formula is C26H21F3N4O3. The summed E-state index contributed by atoms with van der Waals surface area (Å²) in [7, 11) is 0. The number of ether oxygens (including phenoxy) is 1. The molecule has 7 nitrogen and oxygen atoms in total. The number of fused-ring (bicyclic) bond motifs is 2. The Bertz CT molecular complexity index is 1400. The predicted molar refractivity (Wildman–Crippen MR) is 125 cm³/mol. The van der Waals surface area contributed by atoms with Crippen LogP contribution < -0.4 is 10.1 Å². The molecule has 0 radical (unpaired) electrons. The topological polar surface area (TPSA) is 80.5 Å². The van der Waals surface area contributed by atoms with Crippen LogP contribution in [0.25, 0.3) is 22.2 Å². The monoisotopic (exact) mass is 494 g/mol. The van der Waals surface area contributed by atoms with E-state index in [2.05, 4.69) is 20.0 Å². The fraction of sp³-hybridized carbons (Fsp3) is 0.269. The van der Waals surface area contributed by atoms with Crippen LogP contribution in [-0.4, -0.2) is 46.3 Å². The molecule has 36 heavy (non-hydrogen) atoms. The maximum absolute atomic E-state index is 13.7. The second kappa shape index (κ2) is 8.54. The van der Waals surface area contributed by atoms with E-state index in [4.69, 9.17) is 4.42 Å². The second-order valence-electron chi connectivity index (χ2n) is 9.03. The van der Waals surface area contributed by atoms with Crippen molar-refractivity contribution in [3.05, 3.63) is 72.6 Å². The van der Waals surface area contributed by atoms with E-state index < -0.39 is 6.36 Å². The van der Waals surface area contributed by atoms with Crippen LogP contribution in [-0.2, 0) is 0 Å². The SMILES string of the molecule is O=C(c1ncccc1-c1cccc(OC(F)(F)F)c1)N1CC2CC2C1CNc1nc2ccccc2o1. The van der Waals surface area contributed by atoms with Crippen LogP contribution in [0.15, 0.2) is 71.3 Å². The number of piperidine rings is 1. The summed E-state index contributed by atoms with van der Waals surface area (Å²) in [5.74, 6) is 0.191. The number of pyridine rings is 1. The number of carbonyl (C=O) groups excluding carboxylic acids is 1. The molecule has 1 saturated carbocycles. The highest BCUT2D eigenvalue weighted by Crippen LogP contribution is 2.50. The number of para-hydroxylation sites is 2. The number of halogens is 3. The number of hydrogen-bond donors (Lipinski definition) is 1. The maximum atomic E-state index is 13.7. The molecule has 2 aromatic carbocycles. The molecule has 1 saturated heterocycles. The van der Waals surface area contributed by atoms with Gasteiger partial charge in [0.2, 0.25) is 0 Å². The van der Waals surface area contributed by atoms with Gasteiger partial charge in [0.1, 0.15) is 17.0 Å². The van der Waals surface area contributed by atoms with Gasteiger partial charge in [-0.15, -0.1) is 13.2 Å². The largest absolute Gasteiger partial charge is 0.573 e. The summed E-state index contributed by atoms with van der Waals surface area (Å²) in [4.78, 5) is 24.2. The highest BCUT2D eigenvalue weighted by Gasteiger charge is 2.54. The number of likely N-dealkylation sites (tertiary alicyclic amines) is 1. The molecule has 2 aliphatic rings. The molecule has 0 bridgehead atoms. The number of benzene rings is 2. The van der Waals surface area contributed by atoms with Crippen molar-refractivity contribution in [1.29, 1.82) is 0 Å². The number of aromatic nitrogens is 2. The van der Waals surface area contributed by atoms with Gasteiger partial charge < -0.3 is 19.4 Å². The number of rotatable bonds is 6. The van der Waals surface area contributed by atoms with Gasteiger partial charge in [-0.1, -0.05) is 30.3 Å². The third-order valence-electron chi connectivity index (χ3n) is 6.71. The summed E-state index contributed by atoms with van der Waals surface area (Å²) in [6.45, 7) is 1.08. The average Bonchev–Trinajstić information content (AvgIpc) is 3.34. The van der Waals surface area contributed by atoms with Gasteiger partial charge in [0.05, 0.1) is 6.04 Å². The van der Waals surface area contributed by atoms with Crippen molar-refractivity contribution in [1.82, 2.24) is 14.9 Å². The number of carbonyl (C=O) groups is 1. The molecule has 4 aromatic rings. The number of nitrogens with one attached hydrogen (secondary N) is 1. The highest BCUT2D eigenvalue weighted by molar-refractivity contribution is 5.99. The van der Waals surface area contributed by atoms with E-state index in [1.54, 1.807) is 23.1 Å². The summed E-state index contributed by atoms with van der Waals surface area (Å²) in [5.41, 5.74) is 2.48. The van der Waals surface area contributed by atoms with Gasteiger partial charge in [0, 0.05) is 24.8 Å². The quantitative estimate of drug-likeness (QED) is 0.389. The molecule has 2 fully saturated rings. The van der Waals surface area contributed by atoms with Crippen LogP contribution >= 0.6 is 0 Å². The molecule has 6 rings (SSSR count). The highest BCUT2D eigenvalue weighted by atomic mass is 19.4. The first-order valence-electron chi connectivity index (χ1n) is 11.6. The van der Waals surface area contributed by atoms with Crippen LogP contribution in [0.3, 0.4) is 0 Å². The number of alkyl halides is 3. The number of anilines is 1. The fourth-order valence-electron chi connectivity index (χ4n) is 5.01. The Kier molecular flexibility index (Phi) is 5.31. The maximum Gasteiger partial charge on any atom is 0.573 e. The molecule has 10 heteroatoms. The number of hydrogen-bond acceptors (Lipinski definition) is 6. The van der Waals surface area contributed by atoms with Crippen molar-refractivity contribution >= 4 is 23.0 Å². The molecule has 1 aliphatic heterocycles. The standard InChI is InChI=1S/C26H21F3N4O3/c27-26(28,29)36-17-6-3-5-15(11-17)18-7-4-10-30-23(18)24(34)33-14-16-12-19(16)21(33)13-31-25-32-20-8-1-2-9-22(20)35-25/h1-11,16,19,21H,12-14H2,(H,31,32). The molecule has 1 amide bonds. The minimum absolute atomic E-state index is 0.0766. The first-order valence-corrected chi connectivity index (χ1v) is 11.6. The minimum atomic E-state index is -4.81. The van der Waals surface area contributed by atoms with Crippen LogP contribution in [0.4, 0.5) is 19.2 Å². The van der Waals surface area contributed by atoms with Gasteiger partial charge in [-0.2, -0.15) is 4.98 Å². The summed E-state index contributed by atoms with van der Waals surface area (Å²) >= 11 is 0. The number of nitrogens with zero attached hydrogens (tertiary/aromatic N) is 3. The minimum Gasteiger partial charge on any atom is -0.424 e. The van der Waals surface area contributed by atoms with E-state index in [-0.39, 0.29) is 23.4 Å². The molecule has 2 aromatic heterocycles. The Balaban J connectivity index is 1.24. The molecular weight excluding hydrogens is 473 g/mol. The first-order chi connectivity index (χ1) is 17.4. The zero-order valence-electron chi connectivity index (χ0n) is 18.9. The number of oxazole rings is 1. The lowest BCUT2D eigenvalue weighted by Crippen LogP contribution is -2.43. The Morgan fingerprint density at radius 1 is 1.14 bits per heavy atom. The van der Waals surface area contributed by atoms with E-state index in [0.29, 0.717) is 47.6 Å². The number of amides is 1. The van der Waals surface area contributed by atoms with Crippen molar-refractivity contribution in [2.75, 3.05) is 18.4 Å². The van der Waals surface area contributed by atoms with E-state index in [1.807, 2.05) is 24.3 Å².